The molecule has 0 saturated heterocycles. The Labute approximate surface area is 167 Å². The maximum absolute atomic E-state index is 12.3. The average Bonchev–Trinajstić information content (AvgIpc) is 3.21. The smallest absolute Gasteiger partial charge is 0.262 e. The zero-order valence-electron chi connectivity index (χ0n) is 16.0. The van der Waals surface area contributed by atoms with Gasteiger partial charge in [-0.3, -0.25) is 4.79 Å². The van der Waals surface area contributed by atoms with Crippen molar-refractivity contribution in [1.29, 1.82) is 0 Å². The molecule has 1 N–H and O–H groups in total. The summed E-state index contributed by atoms with van der Waals surface area (Å²) in [5.41, 5.74) is 3.97. The summed E-state index contributed by atoms with van der Waals surface area (Å²) in [6, 6.07) is 16.7. The van der Waals surface area contributed by atoms with Crippen LogP contribution in [0.25, 0.3) is 16.9 Å². The van der Waals surface area contributed by atoms with E-state index in [1.165, 1.54) is 0 Å². The predicted octanol–water partition coefficient (Wildman–Crippen LogP) is 3.13. The third-order valence-corrected chi connectivity index (χ3v) is 4.28. The van der Waals surface area contributed by atoms with Gasteiger partial charge in [-0.15, -0.1) is 10.2 Å². The summed E-state index contributed by atoms with van der Waals surface area (Å²) in [5.74, 6) is 0.843. The highest BCUT2D eigenvalue weighted by atomic mass is 16.5. The topological polar surface area (TPSA) is 90.6 Å². The number of aromatic nitrogens is 4. The number of nitrogens with one attached hydrogen (secondary N) is 1. The van der Waals surface area contributed by atoms with E-state index in [-0.39, 0.29) is 12.5 Å². The number of ether oxygens (including phenoxy) is 2. The lowest BCUT2D eigenvalue weighted by Gasteiger charge is -2.12. The van der Waals surface area contributed by atoms with Crippen LogP contribution >= 0.6 is 0 Å². The molecule has 4 rings (SSSR count). The number of hydrogen-bond acceptors (Lipinski definition) is 6. The molecule has 146 valence electrons. The Morgan fingerprint density at radius 3 is 2.86 bits per heavy atom. The number of carbonyl (C=O) groups excluding carboxylic acids is 1. The van der Waals surface area contributed by atoms with E-state index in [0.29, 0.717) is 22.8 Å². The lowest BCUT2D eigenvalue weighted by molar-refractivity contribution is -0.118. The number of aryl methyl sites for hydroxylation is 1. The third-order valence-electron chi connectivity index (χ3n) is 4.28. The Hall–Kier alpha value is -3.94. The van der Waals surface area contributed by atoms with E-state index in [1.54, 1.807) is 24.0 Å². The fraction of sp³-hybridized carbons (Fsp3) is 0.143. The van der Waals surface area contributed by atoms with Crippen molar-refractivity contribution < 1.29 is 14.3 Å². The number of methoxy groups -OCH3 is 1. The first kappa shape index (κ1) is 18.4. The van der Waals surface area contributed by atoms with E-state index in [1.807, 2.05) is 55.5 Å². The van der Waals surface area contributed by atoms with Gasteiger partial charge in [-0.2, -0.15) is 9.61 Å². The van der Waals surface area contributed by atoms with E-state index in [2.05, 4.69) is 20.6 Å². The van der Waals surface area contributed by atoms with Crippen molar-refractivity contribution in [2.45, 2.75) is 6.92 Å². The second-order valence-electron chi connectivity index (χ2n) is 6.42. The number of amides is 1. The largest absolute Gasteiger partial charge is 0.493 e. The van der Waals surface area contributed by atoms with E-state index in [0.717, 1.165) is 16.8 Å². The molecule has 0 bridgehead atoms. The molecule has 0 aliphatic rings. The number of benzene rings is 2. The van der Waals surface area contributed by atoms with Gasteiger partial charge < -0.3 is 14.8 Å². The number of nitrogens with zero attached hydrogens (tertiary/aromatic N) is 4. The average molecular weight is 389 g/mol. The Kier molecular flexibility index (Phi) is 5.07. The second kappa shape index (κ2) is 7.97. The summed E-state index contributed by atoms with van der Waals surface area (Å²) in [6.07, 6.45) is 1.54. The van der Waals surface area contributed by atoms with Crippen molar-refractivity contribution in [3.8, 4) is 22.8 Å². The van der Waals surface area contributed by atoms with Gasteiger partial charge in [-0.25, -0.2) is 0 Å². The Morgan fingerprint density at radius 1 is 1.10 bits per heavy atom. The number of fused-ring (bicyclic) bond motifs is 1. The van der Waals surface area contributed by atoms with E-state index in [9.17, 15) is 4.79 Å². The molecule has 0 spiro atoms. The molecule has 2 heterocycles. The van der Waals surface area contributed by atoms with Crippen LogP contribution in [0.1, 0.15) is 5.56 Å². The summed E-state index contributed by atoms with van der Waals surface area (Å²) in [5, 5.41) is 15.1. The van der Waals surface area contributed by atoms with Crippen LogP contribution in [-0.2, 0) is 4.79 Å². The number of hydrogen-bond donors (Lipinski definition) is 1. The molecule has 0 atom stereocenters. The SMILES string of the molecule is COc1cc(C)ccc1OCC(=O)Nc1cccc(-c2ccc3nncn3n2)c1. The van der Waals surface area contributed by atoms with Crippen LogP contribution in [0.15, 0.2) is 60.9 Å². The maximum atomic E-state index is 12.3. The van der Waals surface area contributed by atoms with Gasteiger partial charge in [-0.05, 0) is 48.9 Å². The molecule has 0 fully saturated rings. The first-order valence-corrected chi connectivity index (χ1v) is 8.97. The van der Waals surface area contributed by atoms with Crippen molar-refractivity contribution in [2.75, 3.05) is 19.0 Å². The zero-order chi connectivity index (χ0) is 20.2. The highest BCUT2D eigenvalue weighted by Gasteiger charge is 2.09. The van der Waals surface area contributed by atoms with E-state index in [4.69, 9.17) is 9.47 Å². The van der Waals surface area contributed by atoms with Crippen LogP contribution < -0.4 is 14.8 Å². The molecule has 1 amide bonds. The minimum absolute atomic E-state index is 0.130. The standard InChI is InChI=1S/C21H19N5O3/c1-14-6-8-18(19(10-14)28-2)29-12-21(27)23-16-5-3-4-15(11-16)17-7-9-20-24-22-13-26(20)25-17/h3-11,13H,12H2,1-2H3,(H,23,27). The molecule has 4 aromatic rings. The molecular weight excluding hydrogens is 370 g/mol. The number of rotatable bonds is 6. The van der Waals surface area contributed by atoms with Crippen molar-refractivity contribution in [2.24, 2.45) is 0 Å². The zero-order valence-corrected chi connectivity index (χ0v) is 16.0. The maximum Gasteiger partial charge on any atom is 0.262 e. The highest BCUT2D eigenvalue weighted by Crippen LogP contribution is 2.27. The monoisotopic (exact) mass is 389 g/mol. The van der Waals surface area contributed by atoms with Crippen LogP contribution in [-0.4, -0.2) is 39.4 Å². The van der Waals surface area contributed by atoms with Crippen molar-refractivity contribution in [3.63, 3.8) is 0 Å². The molecule has 2 aromatic carbocycles. The molecule has 0 unspecified atom stereocenters. The van der Waals surface area contributed by atoms with Gasteiger partial charge in [0.05, 0.1) is 12.8 Å². The first-order valence-electron chi connectivity index (χ1n) is 8.97. The summed E-state index contributed by atoms with van der Waals surface area (Å²) < 4.78 is 12.5. The van der Waals surface area contributed by atoms with E-state index >= 15 is 0 Å². The molecule has 0 radical (unpaired) electrons. The lowest BCUT2D eigenvalue weighted by atomic mass is 10.1. The first-order chi connectivity index (χ1) is 14.1. The van der Waals surface area contributed by atoms with Crippen LogP contribution in [0.3, 0.4) is 0 Å². The quantitative estimate of drug-likeness (QED) is 0.545. The molecule has 0 aliphatic carbocycles. The molecular formula is C21H19N5O3. The van der Waals surface area contributed by atoms with Gasteiger partial charge >= 0.3 is 0 Å². The normalized spacial score (nSPS) is 10.7. The van der Waals surface area contributed by atoms with Crippen LogP contribution in [0.2, 0.25) is 0 Å². The molecule has 0 saturated carbocycles. The van der Waals surface area contributed by atoms with Crippen molar-refractivity contribution >= 4 is 17.2 Å². The molecule has 29 heavy (non-hydrogen) atoms. The van der Waals surface area contributed by atoms with Crippen molar-refractivity contribution in [1.82, 2.24) is 19.8 Å². The van der Waals surface area contributed by atoms with Gasteiger partial charge in [0.1, 0.15) is 6.33 Å². The third kappa shape index (κ3) is 4.16. The highest BCUT2D eigenvalue weighted by molar-refractivity contribution is 5.92. The minimum atomic E-state index is -0.271. The molecule has 8 heteroatoms. The van der Waals surface area contributed by atoms with Gasteiger partial charge in [-0.1, -0.05) is 18.2 Å². The Balaban J connectivity index is 1.44. The minimum Gasteiger partial charge on any atom is -0.493 e. The number of anilines is 1. The summed E-state index contributed by atoms with van der Waals surface area (Å²) in [6.45, 7) is 1.83. The molecule has 2 aromatic heterocycles. The lowest BCUT2D eigenvalue weighted by Crippen LogP contribution is -2.20. The second-order valence-corrected chi connectivity index (χ2v) is 6.42. The predicted molar refractivity (Wildman–Crippen MR) is 108 cm³/mol. The fourth-order valence-corrected chi connectivity index (χ4v) is 2.87. The van der Waals surface area contributed by atoms with Gasteiger partial charge in [0.2, 0.25) is 0 Å². The molecule has 0 aliphatic heterocycles. The Morgan fingerprint density at radius 2 is 2.00 bits per heavy atom. The summed E-state index contributed by atoms with van der Waals surface area (Å²) in [4.78, 5) is 12.3. The van der Waals surface area contributed by atoms with Gasteiger partial charge in [0, 0.05) is 11.3 Å². The van der Waals surface area contributed by atoms with Crippen LogP contribution in [0.5, 0.6) is 11.5 Å². The summed E-state index contributed by atoms with van der Waals surface area (Å²) >= 11 is 0. The van der Waals surface area contributed by atoms with Gasteiger partial charge in [0.25, 0.3) is 5.91 Å². The van der Waals surface area contributed by atoms with Crippen molar-refractivity contribution in [3.05, 3.63) is 66.5 Å². The van der Waals surface area contributed by atoms with Crippen LogP contribution in [0, 0.1) is 6.92 Å². The van der Waals surface area contributed by atoms with Crippen LogP contribution in [0.4, 0.5) is 5.69 Å². The van der Waals surface area contributed by atoms with Gasteiger partial charge in [0.15, 0.2) is 23.8 Å². The van der Waals surface area contributed by atoms with E-state index < -0.39 is 0 Å². The number of carbonyl (C=O) groups is 1. The molecule has 8 nitrogen and oxygen atoms in total. The summed E-state index contributed by atoms with van der Waals surface area (Å²) in [7, 11) is 1.57. The fourth-order valence-electron chi connectivity index (χ4n) is 2.87. The Bertz CT molecular complexity index is 1170.